The summed E-state index contributed by atoms with van der Waals surface area (Å²) in [6, 6.07) is 10.7. The lowest BCUT2D eigenvalue weighted by molar-refractivity contribution is -0.385. The molecular weight excluding hydrogens is 460 g/mol. The molecule has 176 valence electrons. The fourth-order valence-electron chi connectivity index (χ4n) is 3.59. The van der Waals surface area contributed by atoms with Crippen LogP contribution in [0.15, 0.2) is 48.5 Å². The molecule has 0 unspecified atom stereocenters. The molecule has 11 nitrogen and oxygen atoms in total. The molecule has 34 heavy (non-hydrogen) atoms. The number of carbonyl (C=O) groups is 1. The Kier molecular flexibility index (Phi) is 7.09. The van der Waals surface area contributed by atoms with Crippen LogP contribution in [0.1, 0.15) is 5.56 Å². The molecule has 0 atom stereocenters. The molecule has 0 radical (unpaired) electrons. The van der Waals surface area contributed by atoms with Crippen molar-refractivity contribution < 1.29 is 14.6 Å². The van der Waals surface area contributed by atoms with Crippen LogP contribution in [-0.4, -0.2) is 64.9 Å². The summed E-state index contributed by atoms with van der Waals surface area (Å²) in [5.41, 5.74) is 1.55. The quantitative estimate of drug-likeness (QED) is 0.294. The Hall–Kier alpha value is -3.90. The maximum absolute atomic E-state index is 12.0. The maximum atomic E-state index is 12.0. The van der Waals surface area contributed by atoms with E-state index in [1.54, 1.807) is 30.3 Å². The van der Waals surface area contributed by atoms with Gasteiger partial charge in [0.25, 0.3) is 11.4 Å². The Morgan fingerprint density at radius 2 is 1.71 bits per heavy atom. The molecule has 0 saturated carbocycles. The fourth-order valence-corrected chi connectivity index (χ4v) is 4.64. The number of hydrogen-bond acceptors (Lipinski definition) is 9. The van der Waals surface area contributed by atoms with Crippen molar-refractivity contribution in [2.45, 2.75) is 0 Å². The van der Waals surface area contributed by atoms with E-state index in [0.29, 0.717) is 12.1 Å². The standard InChI is InChI=1S/C22H22N6O5S/c29-21(8-3-16-1-4-17(5-2-16)27(30)31)23-9-10-25-11-13-26(14-12-25)22-24-19-7-6-18(28(32)33)15-20(19)34-22/h1-8,15H,9-14H2,(H,23,29)/b8-3-. The summed E-state index contributed by atoms with van der Waals surface area (Å²) in [5, 5.41) is 25.4. The first kappa shape index (κ1) is 23.3. The second-order valence-corrected chi connectivity index (χ2v) is 8.72. The van der Waals surface area contributed by atoms with Gasteiger partial charge in [-0.25, -0.2) is 4.98 Å². The number of aromatic nitrogens is 1. The first-order valence-electron chi connectivity index (χ1n) is 10.6. The van der Waals surface area contributed by atoms with Crippen LogP contribution >= 0.6 is 11.3 Å². The van der Waals surface area contributed by atoms with Crippen molar-refractivity contribution in [2.75, 3.05) is 44.2 Å². The third-order valence-electron chi connectivity index (χ3n) is 5.47. The predicted octanol–water partition coefficient (Wildman–Crippen LogP) is 3.06. The highest BCUT2D eigenvalue weighted by Gasteiger charge is 2.20. The molecule has 0 spiro atoms. The van der Waals surface area contributed by atoms with E-state index >= 15 is 0 Å². The molecule has 1 fully saturated rings. The van der Waals surface area contributed by atoms with Gasteiger partial charge in [0.1, 0.15) is 0 Å². The zero-order chi connectivity index (χ0) is 24.1. The van der Waals surface area contributed by atoms with Crippen LogP contribution in [0, 0.1) is 20.2 Å². The zero-order valence-electron chi connectivity index (χ0n) is 18.1. The number of anilines is 1. The number of nitrogens with one attached hydrogen (secondary N) is 1. The van der Waals surface area contributed by atoms with E-state index < -0.39 is 9.85 Å². The Labute approximate surface area is 198 Å². The number of rotatable bonds is 8. The van der Waals surface area contributed by atoms with Crippen molar-refractivity contribution in [2.24, 2.45) is 0 Å². The van der Waals surface area contributed by atoms with Crippen molar-refractivity contribution in [3.8, 4) is 0 Å². The summed E-state index contributed by atoms with van der Waals surface area (Å²) < 4.78 is 0.802. The number of benzene rings is 2. The van der Waals surface area contributed by atoms with Crippen molar-refractivity contribution in [3.63, 3.8) is 0 Å². The normalized spacial score (nSPS) is 14.5. The number of fused-ring (bicyclic) bond motifs is 1. The van der Waals surface area contributed by atoms with E-state index in [1.165, 1.54) is 35.6 Å². The van der Waals surface area contributed by atoms with Crippen LogP contribution in [0.4, 0.5) is 16.5 Å². The SMILES string of the molecule is O=C(/C=C\c1ccc([N+](=O)[O-])cc1)NCCN1CCN(c2nc3ccc([N+](=O)[O-])cc3s2)CC1. The largest absolute Gasteiger partial charge is 0.351 e. The molecule has 2 heterocycles. The van der Waals surface area contributed by atoms with Crippen LogP contribution < -0.4 is 10.2 Å². The molecule has 1 saturated heterocycles. The van der Waals surface area contributed by atoms with E-state index in [0.717, 1.165) is 48.1 Å². The van der Waals surface area contributed by atoms with E-state index in [2.05, 4.69) is 20.1 Å². The number of piperazine rings is 1. The van der Waals surface area contributed by atoms with Gasteiger partial charge in [0.05, 0.1) is 20.1 Å². The minimum absolute atomic E-state index is 0.00816. The van der Waals surface area contributed by atoms with Crippen LogP contribution in [0.2, 0.25) is 0 Å². The van der Waals surface area contributed by atoms with Crippen LogP contribution in [0.3, 0.4) is 0 Å². The summed E-state index contributed by atoms with van der Waals surface area (Å²) in [6.07, 6.45) is 3.03. The third kappa shape index (κ3) is 5.71. The molecule has 1 aliphatic heterocycles. The lowest BCUT2D eigenvalue weighted by atomic mass is 10.2. The molecule has 0 bridgehead atoms. The number of amides is 1. The van der Waals surface area contributed by atoms with Gasteiger partial charge in [-0.05, 0) is 29.8 Å². The number of nitro groups is 2. The smallest absolute Gasteiger partial charge is 0.270 e. The number of non-ortho nitro benzene ring substituents is 2. The third-order valence-corrected chi connectivity index (χ3v) is 6.55. The van der Waals surface area contributed by atoms with Crippen molar-refractivity contribution in [1.29, 1.82) is 0 Å². The molecule has 1 N–H and O–H groups in total. The van der Waals surface area contributed by atoms with Crippen molar-refractivity contribution in [3.05, 3.63) is 74.3 Å². The van der Waals surface area contributed by atoms with Crippen molar-refractivity contribution in [1.82, 2.24) is 15.2 Å². The minimum atomic E-state index is -0.465. The number of hydrogen-bond donors (Lipinski definition) is 1. The van der Waals surface area contributed by atoms with Gasteiger partial charge in [-0.15, -0.1) is 0 Å². The van der Waals surface area contributed by atoms with Gasteiger partial charge in [0.15, 0.2) is 5.13 Å². The molecule has 12 heteroatoms. The van der Waals surface area contributed by atoms with E-state index in [-0.39, 0.29) is 17.3 Å². The first-order valence-corrected chi connectivity index (χ1v) is 11.4. The Bertz CT molecular complexity index is 1230. The van der Waals surface area contributed by atoms with E-state index in [1.807, 2.05) is 0 Å². The second-order valence-electron chi connectivity index (χ2n) is 7.71. The highest BCUT2D eigenvalue weighted by molar-refractivity contribution is 7.22. The molecule has 4 rings (SSSR count). The topological polar surface area (TPSA) is 135 Å². The maximum Gasteiger partial charge on any atom is 0.270 e. The van der Waals surface area contributed by atoms with Gasteiger partial charge in [-0.1, -0.05) is 11.3 Å². The van der Waals surface area contributed by atoms with Gasteiger partial charge in [0, 0.05) is 69.6 Å². The van der Waals surface area contributed by atoms with E-state index in [4.69, 9.17) is 0 Å². The highest BCUT2D eigenvalue weighted by atomic mass is 32.1. The minimum Gasteiger partial charge on any atom is -0.351 e. The second kappa shape index (κ2) is 10.4. The molecule has 1 aliphatic rings. The Morgan fingerprint density at radius 1 is 1.03 bits per heavy atom. The van der Waals surface area contributed by atoms with Gasteiger partial charge >= 0.3 is 0 Å². The van der Waals surface area contributed by atoms with E-state index in [9.17, 15) is 25.0 Å². The number of thiazole rings is 1. The van der Waals surface area contributed by atoms with Crippen LogP contribution in [0.5, 0.6) is 0 Å². The molecule has 0 aliphatic carbocycles. The average molecular weight is 483 g/mol. The molecule has 3 aromatic rings. The van der Waals surface area contributed by atoms with Crippen LogP contribution in [-0.2, 0) is 4.79 Å². The molecule has 1 amide bonds. The summed E-state index contributed by atoms with van der Waals surface area (Å²) in [5.74, 6) is -0.222. The van der Waals surface area contributed by atoms with Gasteiger partial charge in [0.2, 0.25) is 5.91 Å². The van der Waals surface area contributed by atoms with Crippen molar-refractivity contribution >= 4 is 50.0 Å². The van der Waals surface area contributed by atoms with Gasteiger partial charge in [-0.2, -0.15) is 0 Å². The van der Waals surface area contributed by atoms with Gasteiger partial charge < -0.3 is 10.2 Å². The first-order chi connectivity index (χ1) is 16.4. The summed E-state index contributed by atoms with van der Waals surface area (Å²) >= 11 is 1.46. The molecule has 2 aromatic carbocycles. The monoisotopic (exact) mass is 482 g/mol. The van der Waals surface area contributed by atoms with Gasteiger partial charge in [-0.3, -0.25) is 29.9 Å². The molecular formula is C22H22N6O5S. The lowest BCUT2D eigenvalue weighted by Crippen LogP contribution is -2.48. The zero-order valence-corrected chi connectivity index (χ0v) is 18.9. The highest BCUT2D eigenvalue weighted by Crippen LogP contribution is 2.31. The summed E-state index contributed by atoms with van der Waals surface area (Å²) in [6.45, 7) is 4.45. The summed E-state index contributed by atoms with van der Waals surface area (Å²) in [7, 11) is 0. The fraction of sp³-hybridized carbons (Fsp3) is 0.273. The number of carbonyl (C=O) groups excluding carboxylic acids is 1. The number of nitrogens with zero attached hydrogens (tertiary/aromatic N) is 5. The molecule has 1 aromatic heterocycles. The predicted molar refractivity (Wildman–Crippen MR) is 130 cm³/mol. The number of nitro benzene ring substituents is 2. The average Bonchev–Trinajstić information content (AvgIpc) is 3.27. The Morgan fingerprint density at radius 3 is 2.38 bits per heavy atom. The Balaban J connectivity index is 1.21. The van der Waals surface area contributed by atoms with Crippen LogP contribution in [0.25, 0.3) is 16.3 Å². The summed E-state index contributed by atoms with van der Waals surface area (Å²) in [4.78, 5) is 41.9. The lowest BCUT2D eigenvalue weighted by Gasteiger charge is -2.34.